The second-order valence-corrected chi connectivity index (χ2v) is 5.82. The van der Waals surface area contributed by atoms with Crippen LogP contribution in [0.5, 0.6) is 0 Å². The van der Waals surface area contributed by atoms with Crippen LogP contribution < -0.4 is 10.6 Å². The van der Waals surface area contributed by atoms with Gasteiger partial charge < -0.3 is 15.2 Å². The van der Waals surface area contributed by atoms with Crippen LogP contribution in [-0.2, 0) is 25.5 Å². The smallest absolute Gasteiger partial charge is 0.331 e. The molecular weight excluding hydrogens is 364 g/mol. The first-order valence-corrected chi connectivity index (χ1v) is 8.49. The predicted octanol–water partition coefficient (Wildman–Crippen LogP) is 0.206. The minimum absolute atomic E-state index is 0.00687. The van der Waals surface area contributed by atoms with Crippen LogP contribution in [0.1, 0.15) is 15.9 Å². The lowest BCUT2D eigenvalue weighted by Gasteiger charge is -2.15. The third-order valence-electron chi connectivity index (χ3n) is 3.64. The van der Waals surface area contributed by atoms with Gasteiger partial charge in [0.1, 0.15) is 0 Å². The molecule has 0 aromatic heterocycles. The first kappa shape index (κ1) is 20.8. The van der Waals surface area contributed by atoms with E-state index in [9.17, 15) is 24.3 Å². The summed E-state index contributed by atoms with van der Waals surface area (Å²) in [5.41, 5.74) is 1.03. The zero-order chi connectivity index (χ0) is 20.4. The number of ether oxygens (including phenoxy) is 1. The average Bonchev–Trinajstić information content (AvgIpc) is 2.71. The number of amides is 3. The van der Waals surface area contributed by atoms with Crippen molar-refractivity contribution in [2.24, 2.45) is 0 Å². The molecule has 1 unspecified atom stereocenters. The van der Waals surface area contributed by atoms with Crippen LogP contribution in [0, 0.1) is 0 Å². The van der Waals surface area contributed by atoms with Crippen molar-refractivity contribution < 1.29 is 29.0 Å². The van der Waals surface area contributed by atoms with Crippen LogP contribution in [-0.4, -0.2) is 48.1 Å². The van der Waals surface area contributed by atoms with E-state index in [4.69, 9.17) is 4.74 Å². The largest absolute Gasteiger partial charge is 0.454 e. The van der Waals surface area contributed by atoms with E-state index in [-0.39, 0.29) is 6.42 Å². The molecule has 8 heteroatoms. The molecular formula is C20H20N2O6. The van der Waals surface area contributed by atoms with Gasteiger partial charge in [-0.1, -0.05) is 48.5 Å². The highest BCUT2D eigenvalue weighted by Gasteiger charge is 2.23. The highest BCUT2D eigenvalue weighted by Crippen LogP contribution is 2.01. The summed E-state index contributed by atoms with van der Waals surface area (Å²) in [5.74, 6) is -2.90. The lowest BCUT2D eigenvalue weighted by Crippen LogP contribution is -2.45. The number of benzene rings is 2. The molecule has 2 aromatic rings. The van der Waals surface area contributed by atoms with Crippen LogP contribution in [0.2, 0.25) is 0 Å². The number of aliphatic hydroxyl groups is 1. The Labute approximate surface area is 161 Å². The van der Waals surface area contributed by atoms with Crippen LogP contribution in [0.15, 0.2) is 60.7 Å². The third-order valence-corrected chi connectivity index (χ3v) is 3.64. The van der Waals surface area contributed by atoms with Gasteiger partial charge in [0.05, 0.1) is 13.0 Å². The summed E-state index contributed by atoms with van der Waals surface area (Å²) in [6, 6.07) is 15.6. The van der Waals surface area contributed by atoms with E-state index in [2.05, 4.69) is 10.6 Å². The van der Waals surface area contributed by atoms with Crippen molar-refractivity contribution in [2.75, 3.05) is 13.2 Å². The van der Waals surface area contributed by atoms with E-state index < -0.39 is 42.9 Å². The summed E-state index contributed by atoms with van der Waals surface area (Å²) in [6.07, 6.45) is 0.00687. The van der Waals surface area contributed by atoms with Crippen LogP contribution >= 0.6 is 0 Å². The molecule has 146 valence electrons. The van der Waals surface area contributed by atoms with Gasteiger partial charge in [-0.3, -0.25) is 19.7 Å². The highest BCUT2D eigenvalue weighted by atomic mass is 16.5. The molecule has 0 fully saturated rings. The number of imide groups is 1. The maximum atomic E-state index is 12.0. The molecule has 0 bridgehead atoms. The van der Waals surface area contributed by atoms with Crippen molar-refractivity contribution in [1.29, 1.82) is 0 Å². The number of carbonyl (C=O) groups excluding carboxylic acids is 4. The van der Waals surface area contributed by atoms with E-state index in [1.165, 1.54) is 0 Å². The maximum Gasteiger partial charge on any atom is 0.331 e. The molecule has 0 radical (unpaired) electrons. The Hall–Kier alpha value is -3.52. The van der Waals surface area contributed by atoms with Crippen molar-refractivity contribution in [1.82, 2.24) is 10.6 Å². The molecule has 0 heterocycles. The van der Waals surface area contributed by atoms with E-state index in [1.807, 2.05) is 0 Å². The van der Waals surface area contributed by atoms with Crippen molar-refractivity contribution in [3.8, 4) is 0 Å². The molecule has 0 aliphatic rings. The molecule has 0 aliphatic heterocycles. The Balaban J connectivity index is 1.78. The van der Waals surface area contributed by atoms with Gasteiger partial charge in [0, 0.05) is 5.56 Å². The number of hydrogen-bond donors (Lipinski definition) is 3. The fourth-order valence-electron chi connectivity index (χ4n) is 2.26. The number of nitrogens with one attached hydrogen (secondary N) is 2. The zero-order valence-electron chi connectivity index (χ0n) is 15.0. The van der Waals surface area contributed by atoms with Crippen LogP contribution in [0.3, 0.4) is 0 Å². The zero-order valence-corrected chi connectivity index (χ0v) is 15.0. The summed E-state index contributed by atoms with van der Waals surface area (Å²) < 4.78 is 4.77. The highest BCUT2D eigenvalue weighted by molar-refractivity contribution is 5.98. The molecule has 3 amide bonds. The molecule has 0 saturated heterocycles. The van der Waals surface area contributed by atoms with E-state index in [0.29, 0.717) is 5.56 Å². The molecule has 2 aromatic carbocycles. The Morgan fingerprint density at radius 2 is 1.50 bits per heavy atom. The standard InChI is InChI=1S/C20H20N2O6/c23-12-16(21-19(26)15-9-5-2-6-10-15)20(27)28-13-18(25)22-17(24)11-14-7-3-1-4-8-14/h1-10,16,23H,11-13H2,(H,21,26)(H,22,24,25). The van der Waals surface area contributed by atoms with Gasteiger partial charge in [-0.15, -0.1) is 0 Å². The Bertz CT molecular complexity index is 823. The van der Waals surface area contributed by atoms with E-state index >= 15 is 0 Å². The Kier molecular flexibility index (Phi) is 7.86. The Morgan fingerprint density at radius 1 is 0.893 bits per heavy atom. The molecule has 0 saturated carbocycles. The topological polar surface area (TPSA) is 122 Å². The number of rotatable bonds is 8. The molecule has 28 heavy (non-hydrogen) atoms. The first-order valence-electron chi connectivity index (χ1n) is 8.49. The van der Waals surface area contributed by atoms with E-state index in [1.54, 1.807) is 60.7 Å². The van der Waals surface area contributed by atoms with Gasteiger partial charge in [0.15, 0.2) is 12.6 Å². The molecule has 1 atom stereocenters. The molecule has 0 spiro atoms. The van der Waals surface area contributed by atoms with Crippen molar-refractivity contribution in [3.63, 3.8) is 0 Å². The SMILES string of the molecule is O=C(COC(=O)C(CO)NC(=O)c1ccccc1)NC(=O)Cc1ccccc1. The summed E-state index contributed by atoms with van der Waals surface area (Å²) in [6.45, 7) is -1.41. The third kappa shape index (κ3) is 6.65. The second-order valence-electron chi connectivity index (χ2n) is 5.82. The van der Waals surface area contributed by atoms with Crippen molar-refractivity contribution >= 4 is 23.7 Å². The average molecular weight is 384 g/mol. The lowest BCUT2D eigenvalue weighted by molar-refractivity contribution is -0.152. The van der Waals surface area contributed by atoms with Crippen molar-refractivity contribution in [3.05, 3.63) is 71.8 Å². The maximum absolute atomic E-state index is 12.0. The van der Waals surface area contributed by atoms with Crippen LogP contribution in [0.4, 0.5) is 0 Å². The summed E-state index contributed by atoms with van der Waals surface area (Å²) >= 11 is 0. The van der Waals surface area contributed by atoms with Crippen LogP contribution in [0.25, 0.3) is 0 Å². The summed E-state index contributed by atoms with van der Waals surface area (Å²) in [5, 5.41) is 13.7. The molecule has 8 nitrogen and oxygen atoms in total. The van der Waals surface area contributed by atoms with Gasteiger partial charge in [0.25, 0.3) is 11.8 Å². The second kappa shape index (κ2) is 10.6. The Morgan fingerprint density at radius 3 is 2.11 bits per heavy atom. The minimum Gasteiger partial charge on any atom is -0.454 e. The van der Waals surface area contributed by atoms with Gasteiger partial charge in [-0.2, -0.15) is 0 Å². The number of carbonyl (C=O) groups is 4. The summed E-state index contributed by atoms with van der Waals surface area (Å²) in [7, 11) is 0. The number of esters is 1. The van der Waals surface area contributed by atoms with Gasteiger partial charge in [-0.05, 0) is 17.7 Å². The molecule has 2 rings (SSSR count). The normalized spacial score (nSPS) is 11.2. The quantitative estimate of drug-likeness (QED) is 0.559. The number of hydrogen-bond acceptors (Lipinski definition) is 6. The van der Waals surface area contributed by atoms with Gasteiger partial charge >= 0.3 is 5.97 Å². The fraction of sp³-hybridized carbons (Fsp3) is 0.200. The van der Waals surface area contributed by atoms with E-state index in [0.717, 1.165) is 5.56 Å². The molecule has 0 aliphatic carbocycles. The summed E-state index contributed by atoms with van der Waals surface area (Å²) in [4.78, 5) is 47.5. The van der Waals surface area contributed by atoms with Crippen molar-refractivity contribution in [2.45, 2.75) is 12.5 Å². The minimum atomic E-state index is -1.33. The fourth-order valence-corrected chi connectivity index (χ4v) is 2.26. The molecule has 3 N–H and O–H groups in total. The predicted molar refractivity (Wildman–Crippen MR) is 99.0 cm³/mol. The monoisotopic (exact) mass is 384 g/mol. The number of aliphatic hydroxyl groups excluding tert-OH is 1. The lowest BCUT2D eigenvalue weighted by atomic mass is 10.1. The first-order chi connectivity index (χ1) is 13.5. The van der Waals surface area contributed by atoms with Gasteiger partial charge in [-0.25, -0.2) is 4.79 Å². The van der Waals surface area contributed by atoms with Gasteiger partial charge in [0.2, 0.25) is 5.91 Å².